The van der Waals surface area contributed by atoms with Crippen molar-refractivity contribution >= 4 is 16.7 Å². The molecule has 0 radical (unpaired) electrons. The summed E-state index contributed by atoms with van der Waals surface area (Å²) < 4.78 is 20.5. The molecule has 1 aromatic rings. The van der Waals surface area contributed by atoms with E-state index in [0.29, 0.717) is 4.90 Å². The van der Waals surface area contributed by atoms with Crippen LogP contribution in [0.2, 0.25) is 0 Å². The van der Waals surface area contributed by atoms with Crippen molar-refractivity contribution in [2.45, 2.75) is 4.90 Å². The number of carboxylic acid groups (broad SMARTS) is 1. The molecule has 1 rings (SSSR count). The Kier molecular flexibility index (Phi) is 5.74. The van der Waals surface area contributed by atoms with Crippen molar-refractivity contribution in [3.05, 3.63) is 30.3 Å². The van der Waals surface area contributed by atoms with Crippen molar-refractivity contribution in [3.63, 3.8) is 0 Å². The van der Waals surface area contributed by atoms with Crippen LogP contribution in [0, 0.1) is 11.3 Å². The summed E-state index contributed by atoms with van der Waals surface area (Å²) in [5.74, 6) is -1.44. The molecule has 0 heterocycles. The monoisotopic (exact) mass is 213 g/mol. The Balaban J connectivity index is 0.000000292. The molecule has 0 spiro atoms. The second-order valence-corrected chi connectivity index (χ2v) is 3.04. The molecule has 6 heteroatoms. The van der Waals surface area contributed by atoms with Gasteiger partial charge in [0, 0.05) is 0 Å². The highest BCUT2D eigenvalue weighted by Crippen LogP contribution is 1.97. The van der Waals surface area contributed by atoms with Crippen LogP contribution < -0.4 is 0 Å². The van der Waals surface area contributed by atoms with Crippen molar-refractivity contribution < 1.29 is 18.3 Å². The number of nitrogens with zero attached hydrogens (tertiary/aromatic N) is 1. The lowest BCUT2D eigenvalue weighted by Gasteiger charge is -1.83. The molecule has 0 aromatic heterocycles. The van der Waals surface area contributed by atoms with Gasteiger partial charge in [-0.1, -0.05) is 18.2 Å². The van der Waals surface area contributed by atoms with Crippen molar-refractivity contribution in [1.82, 2.24) is 0 Å². The van der Waals surface area contributed by atoms with Crippen molar-refractivity contribution in [1.29, 1.82) is 5.26 Å². The number of carbonyl (C=O) groups is 1. The molecular formula is C8H7NO4S. The van der Waals surface area contributed by atoms with Crippen LogP contribution >= 0.6 is 0 Å². The van der Waals surface area contributed by atoms with Crippen molar-refractivity contribution in [2.75, 3.05) is 0 Å². The Morgan fingerprint density at radius 3 is 1.93 bits per heavy atom. The number of aliphatic carboxylic acids is 1. The first-order chi connectivity index (χ1) is 6.57. The molecule has 0 bridgehead atoms. The first kappa shape index (κ1) is 12.1. The lowest BCUT2D eigenvalue weighted by Crippen LogP contribution is -1.83. The fraction of sp³-hybridized carbons (Fsp3) is 0. The van der Waals surface area contributed by atoms with E-state index in [1.807, 2.05) is 0 Å². The molecule has 0 aliphatic carbocycles. The molecule has 0 saturated heterocycles. The lowest BCUT2D eigenvalue weighted by molar-refractivity contribution is -0.130. The number of hydrogen-bond acceptors (Lipinski definition) is 4. The van der Waals surface area contributed by atoms with E-state index < -0.39 is 16.7 Å². The molecule has 14 heavy (non-hydrogen) atoms. The number of thiol groups is 1. The van der Waals surface area contributed by atoms with Crippen LogP contribution in [0.3, 0.4) is 0 Å². The molecule has 0 fully saturated rings. The van der Waals surface area contributed by atoms with Gasteiger partial charge in [0.1, 0.15) is 0 Å². The Bertz CT molecular complexity index is 397. The largest absolute Gasteiger partial charge is 0.470 e. The minimum atomic E-state index is -2.40. The summed E-state index contributed by atoms with van der Waals surface area (Å²) in [4.78, 5) is 9.38. The van der Waals surface area contributed by atoms with E-state index in [1.165, 1.54) is 0 Å². The number of rotatable bonds is 1. The molecule has 0 aliphatic heterocycles. The van der Waals surface area contributed by atoms with Crippen LogP contribution in [0.4, 0.5) is 0 Å². The van der Waals surface area contributed by atoms with Crippen LogP contribution in [0.25, 0.3) is 0 Å². The number of benzene rings is 1. The highest BCUT2D eigenvalue weighted by Gasteiger charge is 1.87. The SMILES string of the molecule is N#CC(=O)O.O=[SH](=O)c1ccccc1. The summed E-state index contributed by atoms with van der Waals surface area (Å²) in [6.45, 7) is 0. The lowest BCUT2D eigenvalue weighted by atomic mass is 10.4. The van der Waals surface area contributed by atoms with E-state index in [4.69, 9.17) is 15.2 Å². The topological polar surface area (TPSA) is 95.2 Å². The Labute approximate surface area is 82.2 Å². The van der Waals surface area contributed by atoms with Gasteiger partial charge in [0.25, 0.3) is 0 Å². The van der Waals surface area contributed by atoms with Crippen LogP contribution in [-0.4, -0.2) is 19.5 Å². The third-order valence-corrected chi connectivity index (χ3v) is 1.78. The zero-order valence-electron chi connectivity index (χ0n) is 6.95. The highest BCUT2D eigenvalue weighted by atomic mass is 32.2. The first-order valence-electron chi connectivity index (χ1n) is 3.40. The zero-order valence-corrected chi connectivity index (χ0v) is 7.85. The van der Waals surface area contributed by atoms with E-state index in [0.717, 1.165) is 6.07 Å². The predicted octanol–water partition coefficient (Wildman–Crippen LogP) is 0.251. The van der Waals surface area contributed by atoms with E-state index in [2.05, 4.69) is 0 Å². The number of nitriles is 1. The average molecular weight is 213 g/mol. The van der Waals surface area contributed by atoms with Crippen LogP contribution in [0.15, 0.2) is 35.2 Å². The Hall–Kier alpha value is -1.87. The standard InChI is InChI=1S/C6H6O2S.C2HNO2/c7-9(8)6-4-2-1-3-5-6;3-1-2(4)5/h1-5,9H;(H,4,5). The van der Waals surface area contributed by atoms with Gasteiger partial charge in [-0.2, -0.15) is 5.26 Å². The van der Waals surface area contributed by atoms with Gasteiger partial charge < -0.3 is 5.11 Å². The fourth-order valence-electron chi connectivity index (χ4n) is 0.550. The number of hydrogen-bond donors (Lipinski definition) is 2. The molecule has 1 aromatic carbocycles. The average Bonchev–Trinajstić information content (AvgIpc) is 2.20. The molecule has 0 aliphatic rings. The minimum Gasteiger partial charge on any atom is -0.470 e. The van der Waals surface area contributed by atoms with E-state index in [-0.39, 0.29) is 0 Å². The zero-order chi connectivity index (χ0) is 11.0. The minimum absolute atomic E-state index is 0.368. The summed E-state index contributed by atoms with van der Waals surface area (Å²) in [5.41, 5.74) is 0. The van der Waals surface area contributed by atoms with Gasteiger partial charge in [-0.05, 0) is 12.1 Å². The first-order valence-corrected chi connectivity index (χ1v) is 4.58. The molecule has 5 nitrogen and oxygen atoms in total. The van der Waals surface area contributed by atoms with Gasteiger partial charge in [0.15, 0.2) is 16.8 Å². The fourth-order valence-corrected chi connectivity index (χ4v) is 0.965. The second kappa shape index (κ2) is 6.62. The van der Waals surface area contributed by atoms with E-state index >= 15 is 0 Å². The normalized spacial score (nSPS) is 8.29. The predicted molar refractivity (Wildman–Crippen MR) is 48.3 cm³/mol. The maximum Gasteiger partial charge on any atom is 0.408 e. The van der Waals surface area contributed by atoms with E-state index in [1.54, 1.807) is 30.3 Å². The van der Waals surface area contributed by atoms with Gasteiger partial charge in [0.05, 0.1) is 4.90 Å². The van der Waals surface area contributed by atoms with Crippen LogP contribution in [0.1, 0.15) is 0 Å². The molecule has 0 amide bonds. The van der Waals surface area contributed by atoms with Gasteiger partial charge in [0.2, 0.25) is 0 Å². The highest BCUT2D eigenvalue weighted by molar-refractivity contribution is 7.72. The maximum absolute atomic E-state index is 10.2. The molecular weight excluding hydrogens is 206 g/mol. The molecule has 74 valence electrons. The summed E-state index contributed by atoms with van der Waals surface area (Å²) >= 11 is 0. The van der Waals surface area contributed by atoms with Crippen LogP contribution in [0.5, 0.6) is 0 Å². The van der Waals surface area contributed by atoms with Gasteiger partial charge in [-0.25, -0.2) is 13.2 Å². The summed E-state index contributed by atoms with van der Waals surface area (Å²) in [6, 6.07) is 9.24. The van der Waals surface area contributed by atoms with Gasteiger partial charge >= 0.3 is 5.97 Å². The summed E-state index contributed by atoms with van der Waals surface area (Å²) in [5, 5.41) is 14.7. The van der Waals surface area contributed by atoms with Gasteiger partial charge in [-0.3, -0.25) is 0 Å². The summed E-state index contributed by atoms with van der Waals surface area (Å²) in [6.07, 6.45) is 0. The third-order valence-electron chi connectivity index (χ3n) is 1.06. The quantitative estimate of drug-likeness (QED) is 0.396. The Morgan fingerprint density at radius 1 is 1.29 bits per heavy atom. The van der Waals surface area contributed by atoms with Crippen LogP contribution in [-0.2, 0) is 15.5 Å². The summed E-state index contributed by atoms with van der Waals surface area (Å²) in [7, 11) is -2.40. The molecule has 0 atom stereocenters. The Morgan fingerprint density at radius 2 is 1.71 bits per heavy atom. The van der Waals surface area contributed by atoms with Crippen molar-refractivity contribution in [2.24, 2.45) is 0 Å². The second-order valence-electron chi connectivity index (χ2n) is 2.01. The smallest absolute Gasteiger partial charge is 0.408 e. The maximum atomic E-state index is 10.2. The van der Waals surface area contributed by atoms with E-state index in [9.17, 15) is 8.42 Å². The van der Waals surface area contributed by atoms with Crippen molar-refractivity contribution in [3.8, 4) is 6.07 Å². The molecule has 0 saturated carbocycles. The van der Waals surface area contributed by atoms with Gasteiger partial charge in [-0.15, -0.1) is 0 Å². The third kappa shape index (κ3) is 5.74. The molecule has 1 N–H and O–H groups in total. The number of carboxylic acids is 1. The molecule has 0 unspecified atom stereocenters.